The van der Waals surface area contributed by atoms with Crippen LogP contribution in [0.15, 0.2) is 0 Å². The SMILES string of the molecule is CC[C@H](C)[C@@H]([C@@H](CC(=O)O)OC)N(C)C(=O)[C@@H](NC(=O)[C@H](C(C)C)N(C)C)C(C)C.O=C(O)C(F)(F)F. The lowest BCUT2D eigenvalue weighted by Crippen LogP contribution is -2.59. The number of rotatable bonds is 13. The Morgan fingerprint density at radius 1 is 0.946 bits per heavy atom. The van der Waals surface area contributed by atoms with Crippen molar-refractivity contribution in [2.24, 2.45) is 17.8 Å². The van der Waals surface area contributed by atoms with Crippen LogP contribution in [-0.2, 0) is 23.9 Å². The number of halogens is 3. The maximum Gasteiger partial charge on any atom is 0.490 e. The highest BCUT2D eigenvalue weighted by Crippen LogP contribution is 2.23. The number of carbonyl (C=O) groups excluding carboxylic acids is 2. The van der Waals surface area contributed by atoms with Crippen LogP contribution >= 0.6 is 0 Å². The minimum absolute atomic E-state index is 0.0250. The number of nitrogens with one attached hydrogen (secondary N) is 1. The van der Waals surface area contributed by atoms with E-state index in [1.54, 1.807) is 11.9 Å². The number of aliphatic carboxylic acids is 2. The molecule has 2 amide bonds. The summed E-state index contributed by atoms with van der Waals surface area (Å²) in [7, 11) is 6.82. The van der Waals surface area contributed by atoms with E-state index in [1.165, 1.54) is 7.11 Å². The zero-order valence-electron chi connectivity index (χ0n) is 23.4. The van der Waals surface area contributed by atoms with Crippen molar-refractivity contribution in [2.45, 2.75) is 84.8 Å². The van der Waals surface area contributed by atoms with Gasteiger partial charge in [0.15, 0.2) is 0 Å². The van der Waals surface area contributed by atoms with Gasteiger partial charge >= 0.3 is 18.1 Å². The topological polar surface area (TPSA) is 136 Å². The minimum Gasteiger partial charge on any atom is -0.481 e. The fourth-order valence-electron chi connectivity index (χ4n) is 4.01. The second-order valence-corrected chi connectivity index (χ2v) is 9.88. The van der Waals surface area contributed by atoms with Gasteiger partial charge in [0.2, 0.25) is 11.8 Å². The van der Waals surface area contributed by atoms with Gasteiger partial charge in [-0.25, -0.2) is 4.79 Å². The minimum atomic E-state index is -5.08. The highest BCUT2D eigenvalue weighted by Gasteiger charge is 2.39. The third kappa shape index (κ3) is 12.6. The number of methoxy groups -OCH3 is 1. The third-order valence-electron chi connectivity index (χ3n) is 6.01. The summed E-state index contributed by atoms with van der Waals surface area (Å²) in [5, 5.41) is 19.3. The highest BCUT2D eigenvalue weighted by molar-refractivity contribution is 5.90. The second kappa shape index (κ2) is 16.4. The van der Waals surface area contributed by atoms with Crippen molar-refractivity contribution in [3.05, 3.63) is 0 Å². The molecule has 0 aliphatic carbocycles. The second-order valence-electron chi connectivity index (χ2n) is 9.88. The number of likely N-dealkylation sites (N-methyl/N-ethyl adjacent to an activating group) is 2. The maximum atomic E-state index is 13.4. The van der Waals surface area contributed by atoms with Gasteiger partial charge in [0.05, 0.1) is 24.6 Å². The Morgan fingerprint density at radius 3 is 1.68 bits per heavy atom. The molecule has 0 bridgehead atoms. The Bertz CT molecular complexity index is 738. The molecule has 13 heteroatoms. The first-order valence-electron chi connectivity index (χ1n) is 12.0. The molecular weight excluding hydrogens is 499 g/mol. The normalized spacial score (nSPS) is 15.8. The molecule has 3 N–H and O–H groups in total. The summed E-state index contributed by atoms with van der Waals surface area (Å²) in [4.78, 5) is 50.0. The van der Waals surface area contributed by atoms with Crippen LogP contribution in [0.5, 0.6) is 0 Å². The van der Waals surface area contributed by atoms with Crippen molar-refractivity contribution in [2.75, 3.05) is 28.3 Å². The van der Waals surface area contributed by atoms with Crippen LogP contribution in [0.25, 0.3) is 0 Å². The summed E-state index contributed by atoms with van der Waals surface area (Å²) >= 11 is 0. The van der Waals surface area contributed by atoms with E-state index in [0.29, 0.717) is 0 Å². The molecule has 0 aliphatic heterocycles. The summed E-state index contributed by atoms with van der Waals surface area (Å²) < 4.78 is 37.2. The molecule has 0 saturated heterocycles. The van der Waals surface area contributed by atoms with Gasteiger partial charge in [0, 0.05) is 14.2 Å². The molecule has 0 spiro atoms. The maximum absolute atomic E-state index is 13.4. The van der Waals surface area contributed by atoms with E-state index in [1.807, 2.05) is 60.5 Å². The van der Waals surface area contributed by atoms with Crippen molar-refractivity contribution >= 4 is 23.8 Å². The third-order valence-corrected chi connectivity index (χ3v) is 6.01. The lowest BCUT2D eigenvalue weighted by Gasteiger charge is -2.40. The molecule has 5 atom stereocenters. The summed E-state index contributed by atoms with van der Waals surface area (Å²) in [5.74, 6) is -4.18. The van der Waals surface area contributed by atoms with Crippen LogP contribution in [0.4, 0.5) is 13.2 Å². The molecule has 0 aromatic carbocycles. The zero-order chi connectivity index (χ0) is 29.8. The van der Waals surface area contributed by atoms with Crippen molar-refractivity contribution in [3.63, 3.8) is 0 Å². The molecule has 0 fully saturated rings. The van der Waals surface area contributed by atoms with Gasteiger partial charge in [-0.15, -0.1) is 0 Å². The van der Waals surface area contributed by atoms with Crippen molar-refractivity contribution in [3.8, 4) is 0 Å². The quantitative estimate of drug-likeness (QED) is 0.323. The fraction of sp³-hybridized carbons (Fsp3) is 0.833. The van der Waals surface area contributed by atoms with E-state index in [9.17, 15) is 32.7 Å². The smallest absolute Gasteiger partial charge is 0.481 e. The van der Waals surface area contributed by atoms with Gasteiger partial charge in [-0.05, 0) is 31.8 Å². The van der Waals surface area contributed by atoms with E-state index in [4.69, 9.17) is 14.6 Å². The van der Waals surface area contributed by atoms with Crippen LogP contribution in [0.1, 0.15) is 54.4 Å². The Labute approximate surface area is 217 Å². The van der Waals surface area contributed by atoms with Crippen molar-refractivity contribution in [1.29, 1.82) is 0 Å². The number of carboxylic acid groups (broad SMARTS) is 2. The molecule has 0 aliphatic rings. The molecule has 37 heavy (non-hydrogen) atoms. The zero-order valence-corrected chi connectivity index (χ0v) is 23.4. The van der Waals surface area contributed by atoms with Crippen LogP contribution in [0.3, 0.4) is 0 Å². The number of hydrogen-bond donors (Lipinski definition) is 3. The monoisotopic (exact) mass is 543 g/mol. The summed E-state index contributed by atoms with van der Waals surface area (Å²) in [6.07, 6.45) is -5.16. The van der Waals surface area contributed by atoms with Gasteiger partial charge < -0.3 is 25.2 Å². The highest BCUT2D eigenvalue weighted by atomic mass is 19.4. The molecule has 218 valence electrons. The van der Waals surface area contributed by atoms with Gasteiger partial charge in [-0.3, -0.25) is 19.3 Å². The van der Waals surface area contributed by atoms with Crippen LogP contribution in [-0.4, -0.2) is 102 Å². The van der Waals surface area contributed by atoms with E-state index >= 15 is 0 Å². The Kier molecular flexibility index (Phi) is 16.3. The number of amides is 2. The van der Waals surface area contributed by atoms with Gasteiger partial charge in [0.1, 0.15) is 6.04 Å². The molecule has 0 aromatic heterocycles. The van der Waals surface area contributed by atoms with Gasteiger partial charge in [-0.1, -0.05) is 48.0 Å². The summed E-state index contributed by atoms with van der Waals surface area (Å²) in [6.45, 7) is 11.7. The first-order valence-corrected chi connectivity index (χ1v) is 12.0. The Balaban J connectivity index is 0. The average molecular weight is 544 g/mol. The number of nitrogens with zero attached hydrogens (tertiary/aromatic N) is 2. The number of carbonyl (C=O) groups is 4. The molecule has 0 heterocycles. The molecule has 0 radical (unpaired) electrons. The number of hydrogen-bond acceptors (Lipinski definition) is 6. The van der Waals surface area contributed by atoms with E-state index in [2.05, 4.69) is 5.32 Å². The first-order chi connectivity index (χ1) is 16.7. The molecule has 0 aromatic rings. The average Bonchev–Trinajstić information content (AvgIpc) is 2.74. The number of alkyl halides is 3. The number of carboxylic acids is 2. The van der Waals surface area contributed by atoms with Gasteiger partial charge in [-0.2, -0.15) is 13.2 Å². The number of ether oxygens (including phenoxy) is 1. The van der Waals surface area contributed by atoms with Gasteiger partial charge in [0.25, 0.3) is 0 Å². The lowest BCUT2D eigenvalue weighted by atomic mass is 9.90. The largest absolute Gasteiger partial charge is 0.490 e. The van der Waals surface area contributed by atoms with E-state index in [-0.39, 0.29) is 42.0 Å². The predicted octanol–water partition coefficient (Wildman–Crippen LogP) is 2.71. The van der Waals surface area contributed by atoms with E-state index < -0.39 is 36.3 Å². The van der Waals surface area contributed by atoms with Crippen molar-refractivity contribution < 1.29 is 47.3 Å². The van der Waals surface area contributed by atoms with Crippen LogP contribution < -0.4 is 5.32 Å². The lowest BCUT2D eigenvalue weighted by molar-refractivity contribution is -0.192. The molecule has 0 unspecified atom stereocenters. The summed E-state index contributed by atoms with van der Waals surface area (Å²) in [5.41, 5.74) is 0. The van der Waals surface area contributed by atoms with Crippen molar-refractivity contribution in [1.82, 2.24) is 15.1 Å². The molecule has 10 nitrogen and oxygen atoms in total. The summed E-state index contributed by atoms with van der Waals surface area (Å²) in [6, 6.07) is -1.48. The standard InChI is InChI=1S/C22H43N3O5.C2HF3O2/c1-11-15(6)20(16(30-10)12-17(26)27)25(9)22(29)18(13(2)3)23-21(28)19(14(4)5)24(7)8;3-2(4,5)1(6)7/h13-16,18-20H,11-12H2,1-10H3,(H,23,28)(H,26,27);(H,6,7)/t15-,16+,18-,19-,20-;/m0./s1. The fourth-order valence-corrected chi connectivity index (χ4v) is 4.01. The molecular formula is C24H44F3N3O7. The van der Waals surface area contributed by atoms with Crippen LogP contribution in [0.2, 0.25) is 0 Å². The van der Waals surface area contributed by atoms with E-state index in [0.717, 1.165) is 6.42 Å². The molecule has 0 saturated carbocycles. The predicted molar refractivity (Wildman–Crippen MR) is 132 cm³/mol. The van der Waals surface area contributed by atoms with Crippen LogP contribution in [0, 0.1) is 17.8 Å². The first kappa shape index (κ1) is 36.7. The Hall–Kier alpha value is -2.41. The molecule has 0 rings (SSSR count). The Morgan fingerprint density at radius 2 is 1.41 bits per heavy atom.